The van der Waals surface area contributed by atoms with Gasteiger partial charge in [-0.15, -0.1) is 5.10 Å². The van der Waals surface area contributed by atoms with Crippen LogP contribution in [-0.2, 0) is 22.7 Å². The highest BCUT2D eigenvalue weighted by Crippen LogP contribution is 2.13. The van der Waals surface area contributed by atoms with Gasteiger partial charge in [0.15, 0.2) is 5.82 Å². The van der Waals surface area contributed by atoms with Crippen LogP contribution >= 0.6 is 0 Å². The summed E-state index contributed by atoms with van der Waals surface area (Å²) in [6.07, 6.45) is 0. The number of tetrazole rings is 1. The van der Waals surface area contributed by atoms with Gasteiger partial charge in [0.25, 0.3) is 0 Å². The summed E-state index contributed by atoms with van der Waals surface area (Å²) in [7, 11) is 0. The van der Waals surface area contributed by atoms with Crippen LogP contribution in [0.5, 0.6) is 0 Å². The topological polar surface area (TPSA) is 112 Å². The number of carbonyl (C=O) groups excluding carboxylic acids is 1. The zero-order chi connectivity index (χ0) is 19.0. The van der Waals surface area contributed by atoms with Gasteiger partial charge in [-0.25, -0.2) is 11.3 Å². The van der Waals surface area contributed by atoms with Crippen molar-refractivity contribution in [2.75, 3.05) is 13.2 Å². The summed E-state index contributed by atoms with van der Waals surface area (Å²) in [6.45, 7) is 11.3. The molecule has 1 atom stereocenters. The first-order valence-corrected chi connectivity index (χ1v) is 8.22. The molecule has 0 saturated carbocycles. The highest BCUT2D eigenvalue weighted by Gasteiger charge is 2.28. The minimum atomic E-state index is -1.05. The van der Waals surface area contributed by atoms with E-state index in [2.05, 4.69) is 25.7 Å². The Morgan fingerprint density at radius 1 is 1.42 bits per heavy atom. The average molecular weight is 357 g/mol. The molecule has 0 fully saturated rings. The van der Waals surface area contributed by atoms with Gasteiger partial charge in [0.05, 0.1) is 18.8 Å². The molecule has 0 aliphatic carbocycles. The van der Waals surface area contributed by atoms with Crippen LogP contribution in [0.25, 0.3) is 4.85 Å². The van der Waals surface area contributed by atoms with E-state index >= 15 is 0 Å². The molecule has 0 bridgehead atoms. The van der Waals surface area contributed by atoms with Gasteiger partial charge in [0, 0.05) is 0 Å². The molecule has 0 spiro atoms. The number of ether oxygens (including phenoxy) is 1. The van der Waals surface area contributed by atoms with E-state index in [0.717, 1.165) is 5.56 Å². The van der Waals surface area contributed by atoms with Gasteiger partial charge in [-0.1, -0.05) is 30.3 Å². The molecule has 9 nitrogen and oxygen atoms in total. The van der Waals surface area contributed by atoms with Crippen LogP contribution in [0.2, 0.25) is 0 Å². The Bertz CT molecular complexity index is 746. The highest BCUT2D eigenvalue weighted by atomic mass is 16.5. The highest BCUT2D eigenvalue weighted by molar-refractivity contribution is 5.85. The third kappa shape index (κ3) is 5.61. The molecule has 138 valence electrons. The molecule has 2 aromatic rings. The molecule has 1 amide bonds. The van der Waals surface area contributed by atoms with Crippen LogP contribution in [0, 0.1) is 6.57 Å². The number of hydrogen-bond donors (Lipinski definition) is 2. The molecule has 0 unspecified atom stereocenters. The Kier molecular flexibility index (Phi) is 6.77. The molecule has 26 heavy (non-hydrogen) atoms. The minimum absolute atomic E-state index is 0.176. The summed E-state index contributed by atoms with van der Waals surface area (Å²) in [5.74, 6) is 0.0878. The van der Waals surface area contributed by atoms with E-state index in [1.165, 1.54) is 4.68 Å². The van der Waals surface area contributed by atoms with Gasteiger partial charge < -0.3 is 20.6 Å². The summed E-state index contributed by atoms with van der Waals surface area (Å²) in [5.41, 5.74) is 5.84. The van der Waals surface area contributed by atoms with Crippen LogP contribution in [0.4, 0.5) is 0 Å². The maximum absolute atomic E-state index is 12.3. The van der Waals surface area contributed by atoms with Crippen LogP contribution in [0.3, 0.4) is 0 Å². The zero-order valence-electron chi connectivity index (χ0n) is 14.9. The molecular formula is C17H23N7O2. The van der Waals surface area contributed by atoms with Crippen LogP contribution < -0.4 is 11.1 Å². The molecule has 0 saturated heterocycles. The minimum Gasteiger partial charge on any atom is -0.374 e. The van der Waals surface area contributed by atoms with E-state index in [9.17, 15) is 4.79 Å². The summed E-state index contributed by atoms with van der Waals surface area (Å²) in [6, 6.07) is 9.13. The van der Waals surface area contributed by atoms with E-state index in [4.69, 9.17) is 17.0 Å². The molecule has 1 aromatic heterocycles. The van der Waals surface area contributed by atoms with Crippen molar-refractivity contribution < 1.29 is 9.53 Å². The smallest absolute Gasteiger partial charge is 0.240 e. The molecule has 3 N–H and O–H groups in total. The Balaban J connectivity index is 2.10. The lowest BCUT2D eigenvalue weighted by Gasteiger charge is -2.23. The number of benzene rings is 1. The maximum atomic E-state index is 12.3. The summed E-state index contributed by atoms with van der Waals surface area (Å²) in [5, 5.41) is 14.4. The second-order valence-corrected chi connectivity index (χ2v) is 6.39. The van der Waals surface area contributed by atoms with Gasteiger partial charge in [0.2, 0.25) is 12.5 Å². The van der Waals surface area contributed by atoms with Crippen molar-refractivity contribution in [2.24, 2.45) is 5.73 Å². The lowest BCUT2D eigenvalue weighted by molar-refractivity contribution is -0.126. The number of nitrogens with two attached hydrogens (primary N) is 1. The van der Waals surface area contributed by atoms with Gasteiger partial charge in [0.1, 0.15) is 12.6 Å². The lowest BCUT2D eigenvalue weighted by Crippen LogP contribution is -2.51. The number of carbonyl (C=O) groups is 1. The number of nitrogens with zero attached hydrogens (tertiary/aromatic N) is 5. The first kappa shape index (κ1) is 19.5. The Labute approximate surface area is 152 Å². The summed E-state index contributed by atoms with van der Waals surface area (Å²) >= 11 is 0. The number of amides is 1. The van der Waals surface area contributed by atoms with E-state index < -0.39 is 11.6 Å². The standard InChI is InChI=1S/C17H23N7O2/c1-17(2,18)16(25)20-14(12-26-11-13-7-5-4-6-8-13)15-21-22-23-24(15)10-9-19-3/h4-8,14H,9-12,18H2,1-2H3,(H,20,25)/t14-/m1/s1. The van der Waals surface area contributed by atoms with E-state index in [-0.39, 0.29) is 19.1 Å². The van der Waals surface area contributed by atoms with Gasteiger partial charge in [-0.05, 0) is 29.8 Å². The molecule has 2 rings (SSSR count). The molecule has 9 heteroatoms. The number of hydrogen-bond acceptors (Lipinski definition) is 6. The van der Waals surface area contributed by atoms with Crippen molar-refractivity contribution in [3.63, 3.8) is 0 Å². The second-order valence-electron chi connectivity index (χ2n) is 6.39. The van der Waals surface area contributed by atoms with Crippen LogP contribution in [0.1, 0.15) is 31.3 Å². The van der Waals surface area contributed by atoms with E-state index in [1.54, 1.807) is 13.8 Å². The third-order valence-corrected chi connectivity index (χ3v) is 3.58. The molecule has 1 aromatic carbocycles. The fraction of sp³-hybridized carbons (Fsp3) is 0.471. The van der Waals surface area contributed by atoms with Crippen molar-refractivity contribution >= 4 is 5.91 Å². The third-order valence-electron chi connectivity index (χ3n) is 3.58. The fourth-order valence-corrected chi connectivity index (χ4v) is 2.16. The average Bonchev–Trinajstić information content (AvgIpc) is 3.07. The molecule has 1 heterocycles. The van der Waals surface area contributed by atoms with E-state index in [0.29, 0.717) is 19.0 Å². The van der Waals surface area contributed by atoms with Crippen molar-refractivity contribution in [2.45, 2.75) is 38.6 Å². The van der Waals surface area contributed by atoms with Crippen molar-refractivity contribution in [1.82, 2.24) is 25.5 Å². The summed E-state index contributed by atoms with van der Waals surface area (Å²) in [4.78, 5) is 15.6. The van der Waals surface area contributed by atoms with Crippen LogP contribution in [0.15, 0.2) is 30.3 Å². The number of aromatic nitrogens is 4. The predicted molar refractivity (Wildman–Crippen MR) is 94.5 cm³/mol. The van der Waals surface area contributed by atoms with Crippen molar-refractivity contribution in [3.8, 4) is 0 Å². The quantitative estimate of drug-likeness (QED) is 0.639. The van der Waals surface area contributed by atoms with E-state index in [1.807, 2.05) is 30.3 Å². The Hall–Kier alpha value is -2.83. The molecule has 0 radical (unpaired) electrons. The first-order chi connectivity index (χ1) is 12.4. The summed E-state index contributed by atoms with van der Waals surface area (Å²) < 4.78 is 7.25. The van der Waals surface area contributed by atoms with Gasteiger partial charge in [-0.2, -0.15) is 0 Å². The molecule has 0 aliphatic rings. The second kappa shape index (κ2) is 9.03. The largest absolute Gasteiger partial charge is 0.374 e. The SMILES string of the molecule is [C-]#[N+]CCn1nnnc1[C@@H](COCc1ccccc1)NC(=O)C(C)(C)N. The molecule has 0 aliphatic heterocycles. The maximum Gasteiger partial charge on any atom is 0.240 e. The first-order valence-electron chi connectivity index (χ1n) is 8.22. The predicted octanol–water partition coefficient (Wildman–Crippen LogP) is 0.704. The Morgan fingerprint density at radius 3 is 2.81 bits per heavy atom. The van der Waals surface area contributed by atoms with Gasteiger partial charge >= 0.3 is 0 Å². The molecular weight excluding hydrogens is 334 g/mol. The van der Waals surface area contributed by atoms with Crippen molar-refractivity contribution in [1.29, 1.82) is 0 Å². The lowest BCUT2D eigenvalue weighted by atomic mass is 10.1. The monoisotopic (exact) mass is 357 g/mol. The Morgan fingerprint density at radius 2 is 2.15 bits per heavy atom. The van der Waals surface area contributed by atoms with Crippen molar-refractivity contribution in [3.05, 3.63) is 53.1 Å². The fourth-order valence-electron chi connectivity index (χ4n) is 2.16. The normalized spacial score (nSPS) is 12.4. The van der Waals surface area contributed by atoms with Crippen LogP contribution in [-0.4, -0.2) is 44.8 Å². The zero-order valence-corrected chi connectivity index (χ0v) is 14.9. The van der Waals surface area contributed by atoms with Gasteiger partial charge in [-0.3, -0.25) is 4.79 Å². The number of rotatable bonds is 9. The number of nitrogens with one attached hydrogen (secondary N) is 1.